The molecule has 1 amide bonds. The molecule has 1 saturated heterocycles. The van der Waals surface area contributed by atoms with E-state index < -0.39 is 5.97 Å². The van der Waals surface area contributed by atoms with Crippen LogP contribution in [0.25, 0.3) is 0 Å². The first-order valence-corrected chi connectivity index (χ1v) is 6.19. The molecule has 1 aliphatic rings. The van der Waals surface area contributed by atoms with Crippen molar-refractivity contribution in [2.24, 2.45) is 5.41 Å². The molecule has 2 rings (SSSR count). The Kier molecular flexibility index (Phi) is 3.85. The van der Waals surface area contributed by atoms with Gasteiger partial charge in [0.2, 0.25) is 0 Å². The number of nitrogens with one attached hydrogen (secondary N) is 1. The van der Waals surface area contributed by atoms with Gasteiger partial charge in [-0.15, -0.1) is 0 Å². The molecule has 19 heavy (non-hydrogen) atoms. The number of carboxylic acids is 1. The first-order chi connectivity index (χ1) is 9.00. The number of carbonyl (C=O) groups is 2. The Balaban J connectivity index is 1.94. The highest BCUT2D eigenvalue weighted by atomic mass is 16.5. The first kappa shape index (κ1) is 13.5. The van der Waals surface area contributed by atoms with E-state index in [4.69, 9.17) is 9.84 Å². The Morgan fingerprint density at radius 2 is 1.95 bits per heavy atom. The molecule has 1 atom stereocenters. The van der Waals surface area contributed by atoms with Crippen molar-refractivity contribution < 1.29 is 19.4 Å². The summed E-state index contributed by atoms with van der Waals surface area (Å²) in [6.07, 6.45) is 0.936. The SMILES string of the molecule is C[C@@]1(CNC(=O)c2ccc(C(=O)O)cc2)CCOC1. The molecule has 5 nitrogen and oxygen atoms in total. The van der Waals surface area contributed by atoms with Crippen LogP contribution < -0.4 is 5.32 Å². The van der Waals surface area contributed by atoms with E-state index in [2.05, 4.69) is 12.2 Å². The summed E-state index contributed by atoms with van der Waals surface area (Å²) in [5.41, 5.74) is 0.636. The maximum atomic E-state index is 11.9. The van der Waals surface area contributed by atoms with Gasteiger partial charge in [0.1, 0.15) is 0 Å². The highest BCUT2D eigenvalue weighted by Gasteiger charge is 2.30. The Morgan fingerprint density at radius 1 is 1.32 bits per heavy atom. The maximum absolute atomic E-state index is 11.9. The van der Waals surface area contributed by atoms with Gasteiger partial charge in [0.25, 0.3) is 5.91 Å². The van der Waals surface area contributed by atoms with Crippen LogP contribution in [0, 0.1) is 5.41 Å². The third-order valence-electron chi connectivity index (χ3n) is 3.37. The van der Waals surface area contributed by atoms with Gasteiger partial charge in [-0.2, -0.15) is 0 Å². The van der Waals surface area contributed by atoms with Crippen LogP contribution in [0.3, 0.4) is 0 Å². The summed E-state index contributed by atoms with van der Waals surface area (Å²) >= 11 is 0. The number of ether oxygens (including phenoxy) is 1. The molecule has 1 aromatic rings. The summed E-state index contributed by atoms with van der Waals surface area (Å²) < 4.78 is 5.32. The zero-order valence-electron chi connectivity index (χ0n) is 10.8. The molecule has 0 bridgehead atoms. The van der Waals surface area contributed by atoms with Crippen LogP contribution in [0.4, 0.5) is 0 Å². The van der Waals surface area contributed by atoms with Gasteiger partial charge in [0.15, 0.2) is 0 Å². The Bertz CT molecular complexity index is 475. The van der Waals surface area contributed by atoms with E-state index in [0.29, 0.717) is 18.7 Å². The summed E-state index contributed by atoms with van der Waals surface area (Å²) in [5, 5.41) is 11.6. The van der Waals surface area contributed by atoms with E-state index in [1.165, 1.54) is 24.3 Å². The van der Waals surface area contributed by atoms with Crippen molar-refractivity contribution in [1.29, 1.82) is 0 Å². The topological polar surface area (TPSA) is 75.6 Å². The predicted octanol–water partition coefficient (Wildman–Crippen LogP) is 1.54. The van der Waals surface area contributed by atoms with Crippen LogP contribution in [0.5, 0.6) is 0 Å². The van der Waals surface area contributed by atoms with Crippen molar-refractivity contribution >= 4 is 11.9 Å². The van der Waals surface area contributed by atoms with Crippen LogP contribution in [0.1, 0.15) is 34.1 Å². The number of aromatic carboxylic acids is 1. The minimum absolute atomic E-state index is 0.00331. The van der Waals surface area contributed by atoms with Crippen LogP contribution in [-0.2, 0) is 4.74 Å². The van der Waals surface area contributed by atoms with Crippen molar-refractivity contribution in [1.82, 2.24) is 5.32 Å². The molecule has 0 aromatic heterocycles. The second-order valence-corrected chi connectivity index (χ2v) is 5.18. The number of hydrogen-bond acceptors (Lipinski definition) is 3. The zero-order chi connectivity index (χ0) is 13.9. The van der Waals surface area contributed by atoms with E-state index in [-0.39, 0.29) is 16.9 Å². The fourth-order valence-electron chi connectivity index (χ4n) is 2.01. The fourth-order valence-corrected chi connectivity index (χ4v) is 2.01. The van der Waals surface area contributed by atoms with Crippen molar-refractivity contribution in [2.75, 3.05) is 19.8 Å². The largest absolute Gasteiger partial charge is 0.478 e. The van der Waals surface area contributed by atoms with E-state index in [1.807, 2.05) is 0 Å². The third-order valence-corrected chi connectivity index (χ3v) is 3.37. The van der Waals surface area contributed by atoms with Crippen LogP contribution in [0.2, 0.25) is 0 Å². The molecule has 2 N–H and O–H groups in total. The van der Waals surface area contributed by atoms with Crippen LogP contribution >= 0.6 is 0 Å². The molecule has 1 fully saturated rings. The van der Waals surface area contributed by atoms with E-state index >= 15 is 0 Å². The average molecular weight is 263 g/mol. The van der Waals surface area contributed by atoms with Gasteiger partial charge in [0.05, 0.1) is 12.2 Å². The van der Waals surface area contributed by atoms with E-state index in [0.717, 1.165) is 13.0 Å². The van der Waals surface area contributed by atoms with Gasteiger partial charge < -0.3 is 15.2 Å². The Hall–Kier alpha value is -1.88. The maximum Gasteiger partial charge on any atom is 0.335 e. The molecule has 0 radical (unpaired) electrons. The minimum Gasteiger partial charge on any atom is -0.478 e. The van der Waals surface area contributed by atoms with Gasteiger partial charge >= 0.3 is 5.97 Å². The number of carboxylic acid groups (broad SMARTS) is 1. The average Bonchev–Trinajstić information content (AvgIpc) is 2.83. The van der Waals surface area contributed by atoms with Gasteiger partial charge in [-0.1, -0.05) is 6.92 Å². The van der Waals surface area contributed by atoms with Crippen molar-refractivity contribution in [3.63, 3.8) is 0 Å². The van der Waals surface area contributed by atoms with Gasteiger partial charge in [0, 0.05) is 24.1 Å². The zero-order valence-corrected chi connectivity index (χ0v) is 10.8. The summed E-state index contributed by atoms with van der Waals surface area (Å²) in [7, 11) is 0. The molecular formula is C14H17NO4. The standard InChI is InChI=1S/C14H17NO4/c1-14(6-7-19-9-14)8-15-12(16)10-2-4-11(5-3-10)13(17)18/h2-5H,6-9H2,1H3,(H,15,16)(H,17,18)/t14-/m0/s1. The number of benzene rings is 1. The van der Waals surface area contributed by atoms with Gasteiger partial charge in [-0.3, -0.25) is 4.79 Å². The van der Waals surface area contributed by atoms with Crippen LogP contribution in [0.15, 0.2) is 24.3 Å². The normalized spacial score (nSPS) is 22.2. The molecule has 0 aliphatic carbocycles. The predicted molar refractivity (Wildman–Crippen MR) is 69.3 cm³/mol. The Morgan fingerprint density at radius 3 is 2.47 bits per heavy atom. The highest BCUT2D eigenvalue weighted by molar-refractivity contribution is 5.95. The molecule has 1 aromatic carbocycles. The van der Waals surface area contributed by atoms with Gasteiger partial charge in [-0.25, -0.2) is 4.79 Å². The first-order valence-electron chi connectivity index (χ1n) is 6.19. The molecule has 0 spiro atoms. The van der Waals surface area contributed by atoms with Crippen molar-refractivity contribution in [3.8, 4) is 0 Å². The lowest BCUT2D eigenvalue weighted by molar-refractivity contribution is 0.0696. The van der Waals surface area contributed by atoms with E-state index in [1.54, 1.807) is 0 Å². The molecule has 5 heteroatoms. The fraction of sp³-hybridized carbons (Fsp3) is 0.429. The van der Waals surface area contributed by atoms with Crippen LogP contribution in [-0.4, -0.2) is 36.7 Å². The number of hydrogen-bond donors (Lipinski definition) is 2. The molecule has 0 saturated carbocycles. The summed E-state index contributed by atoms with van der Waals surface area (Å²) in [6, 6.07) is 5.90. The highest BCUT2D eigenvalue weighted by Crippen LogP contribution is 2.26. The number of carbonyl (C=O) groups excluding carboxylic acids is 1. The van der Waals surface area contributed by atoms with E-state index in [9.17, 15) is 9.59 Å². The molecule has 102 valence electrons. The number of amides is 1. The number of rotatable bonds is 4. The lowest BCUT2D eigenvalue weighted by Crippen LogP contribution is -2.36. The Labute approximate surface area is 111 Å². The molecule has 1 aliphatic heterocycles. The lowest BCUT2D eigenvalue weighted by atomic mass is 9.90. The molecule has 1 heterocycles. The molecular weight excluding hydrogens is 246 g/mol. The second kappa shape index (κ2) is 5.40. The monoisotopic (exact) mass is 263 g/mol. The van der Waals surface area contributed by atoms with Crippen molar-refractivity contribution in [3.05, 3.63) is 35.4 Å². The second-order valence-electron chi connectivity index (χ2n) is 5.18. The smallest absolute Gasteiger partial charge is 0.335 e. The third kappa shape index (κ3) is 3.32. The quantitative estimate of drug-likeness (QED) is 0.864. The summed E-state index contributed by atoms with van der Waals surface area (Å²) in [6.45, 7) is 4.03. The summed E-state index contributed by atoms with van der Waals surface area (Å²) in [5.74, 6) is -1.19. The van der Waals surface area contributed by atoms with Crippen molar-refractivity contribution in [2.45, 2.75) is 13.3 Å². The molecule has 0 unspecified atom stereocenters. The lowest BCUT2D eigenvalue weighted by Gasteiger charge is -2.21. The van der Waals surface area contributed by atoms with Gasteiger partial charge in [-0.05, 0) is 30.7 Å². The minimum atomic E-state index is -0.998. The summed E-state index contributed by atoms with van der Waals surface area (Å²) in [4.78, 5) is 22.6.